The predicted molar refractivity (Wildman–Crippen MR) is 48.7 cm³/mol. The zero-order valence-electron chi connectivity index (χ0n) is 7.58. The van der Waals surface area contributed by atoms with Crippen LogP contribution in [0.1, 0.15) is 38.5 Å². The van der Waals surface area contributed by atoms with E-state index >= 15 is 0 Å². The van der Waals surface area contributed by atoms with Crippen LogP contribution in [0.5, 0.6) is 0 Å². The van der Waals surface area contributed by atoms with Crippen LogP contribution in [0.3, 0.4) is 0 Å². The standard InChI is InChI=1S/C10H19NO/c11-9-6-5-7-3-1-2-4-8(7)10(9)12/h7-10,12H,1-6,11H2/t7-,8+,9?,10-/m1/s1. The van der Waals surface area contributed by atoms with Crippen LogP contribution in [0.15, 0.2) is 0 Å². The van der Waals surface area contributed by atoms with Gasteiger partial charge in [0.05, 0.1) is 6.10 Å². The summed E-state index contributed by atoms with van der Waals surface area (Å²) >= 11 is 0. The van der Waals surface area contributed by atoms with Gasteiger partial charge in [0, 0.05) is 6.04 Å². The van der Waals surface area contributed by atoms with Gasteiger partial charge >= 0.3 is 0 Å². The van der Waals surface area contributed by atoms with Gasteiger partial charge in [-0.25, -0.2) is 0 Å². The van der Waals surface area contributed by atoms with Gasteiger partial charge in [-0.1, -0.05) is 19.3 Å². The van der Waals surface area contributed by atoms with Crippen molar-refractivity contribution < 1.29 is 5.11 Å². The van der Waals surface area contributed by atoms with Crippen LogP contribution in [0.2, 0.25) is 0 Å². The summed E-state index contributed by atoms with van der Waals surface area (Å²) in [6.07, 6.45) is 7.27. The first kappa shape index (κ1) is 8.52. The van der Waals surface area contributed by atoms with Crippen LogP contribution in [-0.4, -0.2) is 17.3 Å². The molecule has 0 bridgehead atoms. The van der Waals surface area contributed by atoms with Crippen molar-refractivity contribution in [3.63, 3.8) is 0 Å². The number of fused-ring (bicyclic) bond motifs is 1. The molecule has 2 saturated carbocycles. The number of hydrogen-bond donors (Lipinski definition) is 2. The fourth-order valence-electron chi connectivity index (χ4n) is 2.94. The summed E-state index contributed by atoms with van der Waals surface area (Å²) in [4.78, 5) is 0. The molecule has 0 radical (unpaired) electrons. The topological polar surface area (TPSA) is 46.2 Å². The van der Waals surface area contributed by atoms with E-state index in [9.17, 15) is 5.11 Å². The summed E-state index contributed by atoms with van der Waals surface area (Å²) in [5.41, 5.74) is 5.84. The zero-order valence-corrected chi connectivity index (χ0v) is 7.58. The van der Waals surface area contributed by atoms with Crippen LogP contribution in [0.4, 0.5) is 0 Å². The first-order chi connectivity index (χ1) is 5.79. The normalized spacial score (nSPS) is 48.5. The number of aliphatic hydroxyl groups is 1. The Bertz CT molecular complexity index is 158. The summed E-state index contributed by atoms with van der Waals surface area (Å²) in [6.45, 7) is 0. The van der Waals surface area contributed by atoms with E-state index in [2.05, 4.69) is 0 Å². The van der Waals surface area contributed by atoms with E-state index in [1.165, 1.54) is 32.1 Å². The lowest BCUT2D eigenvalue weighted by molar-refractivity contribution is -0.00405. The third kappa shape index (κ3) is 1.38. The van der Waals surface area contributed by atoms with Gasteiger partial charge < -0.3 is 10.8 Å². The fourth-order valence-corrected chi connectivity index (χ4v) is 2.94. The Morgan fingerprint density at radius 3 is 2.58 bits per heavy atom. The highest BCUT2D eigenvalue weighted by atomic mass is 16.3. The maximum atomic E-state index is 9.85. The molecular formula is C10H19NO. The lowest BCUT2D eigenvalue weighted by Crippen LogP contribution is -2.47. The molecule has 0 aliphatic heterocycles. The Morgan fingerprint density at radius 1 is 1.00 bits per heavy atom. The second-order valence-corrected chi connectivity index (χ2v) is 4.44. The van der Waals surface area contributed by atoms with E-state index in [-0.39, 0.29) is 12.1 Å². The van der Waals surface area contributed by atoms with Gasteiger partial charge in [-0.15, -0.1) is 0 Å². The van der Waals surface area contributed by atoms with E-state index in [1.807, 2.05) is 0 Å². The lowest BCUT2D eigenvalue weighted by Gasteiger charge is -2.41. The molecule has 0 heterocycles. The summed E-state index contributed by atoms with van der Waals surface area (Å²) in [7, 11) is 0. The van der Waals surface area contributed by atoms with E-state index in [0.717, 1.165) is 12.3 Å². The molecule has 4 atom stereocenters. The van der Waals surface area contributed by atoms with Gasteiger partial charge in [0.1, 0.15) is 0 Å². The van der Waals surface area contributed by atoms with Crippen molar-refractivity contribution >= 4 is 0 Å². The molecule has 2 aliphatic rings. The van der Waals surface area contributed by atoms with Crippen molar-refractivity contribution in [1.29, 1.82) is 0 Å². The molecule has 0 aromatic heterocycles. The first-order valence-electron chi connectivity index (χ1n) is 5.22. The lowest BCUT2D eigenvalue weighted by atomic mass is 9.68. The Kier molecular flexibility index (Phi) is 2.37. The van der Waals surface area contributed by atoms with Gasteiger partial charge in [0.25, 0.3) is 0 Å². The maximum absolute atomic E-state index is 9.85. The monoisotopic (exact) mass is 169 g/mol. The van der Waals surface area contributed by atoms with E-state index in [0.29, 0.717) is 5.92 Å². The highest BCUT2D eigenvalue weighted by Crippen LogP contribution is 2.39. The van der Waals surface area contributed by atoms with Crippen molar-refractivity contribution in [3.05, 3.63) is 0 Å². The van der Waals surface area contributed by atoms with E-state index in [1.54, 1.807) is 0 Å². The highest BCUT2D eigenvalue weighted by Gasteiger charge is 2.37. The smallest absolute Gasteiger partial charge is 0.0721 e. The Morgan fingerprint density at radius 2 is 1.75 bits per heavy atom. The molecule has 12 heavy (non-hydrogen) atoms. The molecule has 0 aromatic carbocycles. The van der Waals surface area contributed by atoms with Crippen molar-refractivity contribution in [2.75, 3.05) is 0 Å². The summed E-state index contributed by atoms with van der Waals surface area (Å²) < 4.78 is 0. The molecule has 1 unspecified atom stereocenters. The second kappa shape index (κ2) is 3.35. The van der Waals surface area contributed by atoms with Crippen molar-refractivity contribution in [2.24, 2.45) is 17.6 Å². The number of aliphatic hydroxyl groups excluding tert-OH is 1. The third-order valence-electron chi connectivity index (χ3n) is 3.72. The number of rotatable bonds is 0. The minimum atomic E-state index is -0.205. The van der Waals surface area contributed by atoms with E-state index in [4.69, 9.17) is 5.73 Å². The Hall–Kier alpha value is -0.0800. The first-order valence-corrected chi connectivity index (χ1v) is 5.22. The Labute approximate surface area is 74.1 Å². The molecule has 0 spiro atoms. The van der Waals surface area contributed by atoms with Gasteiger partial charge in [-0.05, 0) is 31.1 Å². The van der Waals surface area contributed by atoms with E-state index < -0.39 is 0 Å². The van der Waals surface area contributed by atoms with Crippen LogP contribution in [-0.2, 0) is 0 Å². The molecular weight excluding hydrogens is 150 g/mol. The molecule has 2 nitrogen and oxygen atoms in total. The molecule has 3 N–H and O–H groups in total. The SMILES string of the molecule is NC1CC[C@H]2CCCC[C@@H]2[C@H]1O. The average molecular weight is 169 g/mol. The second-order valence-electron chi connectivity index (χ2n) is 4.44. The number of hydrogen-bond acceptors (Lipinski definition) is 2. The molecule has 70 valence electrons. The van der Waals surface area contributed by atoms with Gasteiger partial charge in [0.2, 0.25) is 0 Å². The quantitative estimate of drug-likeness (QED) is 0.573. The minimum Gasteiger partial charge on any atom is -0.391 e. The predicted octanol–water partition coefficient (Wildman–Crippen LogP) is 1.27. The Balaban J connectivity index is 2.03. The molecule has 0 amide bonds. The highest BCUT2D eigenvalue weighted by molar-refractivity contribution is 4.91. The molecule has 2 heteroatoms. The maximum Gasteiger partial charge on any atom is 0.0721 e. The number of nitrogens with two attached hydrogens (primary N) is 1. The summed E-state index contributed by atoms with van der Waals surface area (Å²) in [5, 5.41) is 9.85. The minimum absolute atomic E-state index is 0.0596. The summed E-state index contributed by atoms with van der Waals surface area (Å²) in [6, 6.07) is 0.0596. The van der Waals surface area contributed by atoms with Crippen LogP contribution in [0, 0.1) is 11.8 Å². The average Bonchev–Trinajstić information content (AvgIpc) is 2.12. The van der Waals surface area contributed by atoms with Crippen LogP contribution >= 0.6 is 0 Å². The molecule has 0 saturated heterocycles. The molecule has 2 fully saturated rings. The van der Waals surface area contributed by atoms with Crippen LogP contribution in [0.25, 0.3) is 0 Å². The van der Waals surface area contributed by atoms with Gasteiger partial charge in [0.15, 0.2) is 0 Å². The van der Waals surface area contributed by atoms with Gasteiger partial charge in [-0.3, -0.25) is 0 Å². The third-order valence-corrected chi connectivity index (χ3v) is 3.72. The fraction of sp³-hybridized carbons (Fsp3) is 1.00. The van der Waals surface area contributed by atoms with Crippen molar-refractivity contribution in [2.45, 2.75) is 50.7 Å². The largest absolute Gasteiger partial charge is 0.391 e. The zero-order chi connectivity index (χ0) is 8.55. The van der Waals surface area contributed by atoms with Crippen molar-refractivity contribution in [3.8, 4) is 0 Å². The molecule has 0 aromatic rings. The molecule has 2 rings (SSSR count). The van der Waals surface area contributed by atoms with Crippen LogP contribution < -0.4 is 5.73 Å². The molecule has 2 aliphatic carbocycles. The van der Waals surface area contributed by atoms with Gasteiger partial charge in [-0.2, -0.15) is 0 Å². The summed E-state index contributed by atoms with van der Waals surface area (Å²) in [5.74, 6) is 1.32. The van der Waals surface area contributed by atoms with Crippen molar-refractivity contribution in [1.82, 2.24) is 0 Å².